The van der Waals surface area contributed by atoms with Crippen LogP contribution in [0.5, 0.6) is 5.75 Å². The number of rotatable bonds is 4. The predicted molar refractivity (Wildman–Crippen MR) is 76.6 cm³/mol. The lowest BCUT2D eigenvalue weighted by molar-refractivity contribution is 0.384. The van der Waals surface area contributed by atoms with E-state index >= 15 is 0 Å². The number of ether oxygens (including phenoxy) is 1. The van der Waals surface area contributed by atoms with Gasteiger partial charge in [0.15, 0.2) is 0 Å². The van der Waals surface area contributed by atoms with Gasteiger partial charge in [-0.15, -0.1) is 0 Å². The summed E-state index contributed by atoms with van der Waals surface area (Å²) >= 11 is 6.09. The fourth-order valence-corrected chi connectivity index (χ4v) is 2.83. The highest BCUT2D eigenvalue weighted by Crippen LogP contribution is 2.34. The third-order valence-corrected chi connectivity index (χ3v) is 3.81. The number of halogens is 1. The van der Waals surface area contributed by atoms with Crippen molar-refractivity contribution in [3.05, 3.63) is 23.2 Å². The van der Waals surface area contributed by atoms with Crippen LogP contribution in [-0.2, 0) is 0 Å². The lowest BCUT2D eigenvalue weighted by Crippen LogP contribution is -2.36. The summed E-state index contributed by atoms with van der Waals surface area (Å²) in [5.74, 6) is 1.58. The van der Waals surface area contributed by atoms with Crippen molar-refractivity contribution in [3.63, 3.8) is 0 Å². The van der Waals surface area contributed by atoms with E-state index in [1.54, 1.807) is 7.11 Å². The SMILES string of the molecule is COc1ccc(Cl)cc1N1CCCC(CCN)C1. The number of nitrogens with zero attached hydrogens (tertiary/aromatic N) is 1. The molecule has 0 aliphatic carbocycles. The van der Waals surface area contributed by atoms with Gasteiger partial charge in [0, 0.05) is 18.1 Å². The van der Waals surface area contributed by atoms with Gasteiger partial charge in [-0.1, -0.05) is 11.6 Å². The van der Waals surface area contributed by atoms with Gasteiger partial charge in [-0.05, 0) is 49.9 Å². The van der Waals surface area contributed by atoms with Crippen LogP contribution in [0.2, 0.25) is 5.02 Å². The minimum Gasteiger partial charge on any atom is -0.495 e. The number of hydrogen-bond donors (Lipinski definition) is 1. The third kappa shape index (κ3) is 3.09. The van der Waals surface area contributed by atoms with Gasteiger partial charge in [-0.3, -0.25) is 0 Å². The van der Waals surface area contributed by atoms with Crippen LogP contribution in [-0.4, -0.2) is 26.7 Å². The number of methoxy groups -OCH3 is 1. The van der Waals surface area contributed by atoms with Crippen LogP contribution in [0.4, 0.5) is 5.69 Å². The Hall–Kier alpha value is -0.930. The minimum absolute atomic E-state index is 0.687. The third-order valence-electron chi connectivity index (χ3n) is 3.58. The Morgan fingerprint density at radius 2 is 2.33 bits per heavy atom. The monoisotopic (exact) mass is 268 g/mol. The van der Waals surface area contributed by atoms with E-state index < -0.39 is 0 Å². The Bertz CT molecular complexity index is 395. The van der Waals surface area contributed by atoms with Gasteiger partial charge in [0.25, 0.3) is 0 Å². The number of nitrogens with two attached hydrogens (primary N) is 1. The summed E-state index contributed by atoms with van der Waals surface area (Å²) in [5.41, 5.74) is 6.76. The van der Waals surface area contributed by atoms with Crippen LogP contribution in [0.1, 0.15) is 19.3 Å². The molecule has 0 bridgehead atoms. The molecule has 0 spiro atoms. The summed E-state index contributed by atoms with van der Waals surface area (Å²) in [6.45, 7) is 2.89. The summed E-state index contributed by atoms with van der Waals surface area (Å²) < 4.78 is 5.42. The van der Waals surface area contributed by atoms with Crippen molar-refractivity contribution in [2.24, 2.45) is 11.7 Å². The molecule has 1 aromatic rings. The predicted octanol–water partition coefficient (Wildman–Crippen LogP) is 2.91. The van der Waals surface area contributed by atoms with E-state index in [0.717, 1.165) is 42.5 Å². The van der Waals surface area contributed by atoms with Crippen LogP contribution in [0.3, 0.4) is 0 Å². The van der Waals surface area contributed by atoms with Gasteiger partial charge >= 0.3 is 0 Å². The van der Waals surface area contributed by atoms with Gasteiger partial charge in [0.2, 0.25) is 0 Å². The molecule has 1 unspecified atom stereocenters. The summed E-state index contributed by atoms with van der Waals surface area (Å²) in [6.07, 6.45) is 3.58. The molecule has 100 valence electrons. The standard InChI is InChI=1S/C14H21ClN2O/c1-18-14-5-4-12(15)9-13(14)17-8-2-3-11(10-17)6-7-16/h4-5,9,11H,2-3,6-8,10,16H2,1H3. The molecule has 1 fully saturated rings. The molecule has 0 aromatic heterocycles. The van der Waals surface area contributed by atoms with Gasteiger partial charge in [0.1, 0.15) is 5.75 Å². The maximum Gasteiger partial charge on any atom is 0.142 e. The topological polar surface area (TPSA) is 38.5 Å². The van der Waals surface area contributed by atoms with Crippen LogP contribution in [0, 0.1) is 5.92 Å². The number of benzene rings is 1. The van der Waals surface area contributed by atoms with Crippen molar-refractivity contribution in [1.82, 2.24) is 0 Å². The Balaban J connectivity index is 2.17. The fraction of sp³-hybridized carbons (Fsp3) is 0.571. The second-order valence-corrected chi connectivity index (χ2v) is 5.28. The molecule has 4 heteroatoms. The molecule has 18 heavy (non-hydrogen) atoms. The second kappa shape index (κ2) is 6.30. The maximum absolute atomic E-state index is 6.09. The molecule has 1 heterocycles. The van der Waals surface area contributed by atoms with Gasteiger partial charge in [-0.2, -0.15) is 0 Å². The molecule has 1 aromatic carbocycles. The molecular weight excluding hydrogens is 248 g/mol. The highest BCUT2D eigenvalue weighted by Gasteiger charge is 2.21. The summed E-state index contributed by atoms with van der Waals surface area (Å²) in [5, 5.41) is 0.756. The van der Waals surface area contributed by atoms with E-state index in [0.29, 0.717) is 5.92 Å². The lowest BCUT2D eigenvalue weighted by Gasteiger charge is -2.35. The van der Waals surface area contributed by atoms with Crippen molar-refractivity contribution in [1.29, 1.82) is 0 Å². The van der Waals surface area contributed by atoms with Crippen molar-refractivity contribution in [2.75, 3.05) is 31.6 Å². The molecule has 2 rings (SSSR count). The molecule has 0 saturated carbocycles. The van der Waals surface area contributed by atoms with Gasteiger partial charge < -0.3 is 15.4 Å². The molecule has 0 radical (unpaired) electrons. The van der Waals surface area contributed by atoms with E-state index in [1.807, 2.05) is 18.2 Å². The highest BCUT2D eigenvalue weighted by atomic mass is 35.5. The van der Waals surface area contributed by atoms with Crippen LogP contribution >= 0.6 is 11.6 Å². The Morgan fingerprint density at radius 1 is 1.50 bits per heavy atom. The van der Waals surface area contributed by atoms with Crippen LogP contribution in [0.25, 0.3) is 0 Å². The Kier molecular flexibility index (Phi) is 4.72. The van der Waals surface area contributed by atoms with Crippen molar-refractivity contribution < 1.29 is 4.74 Å². The average molecular weight is 269 g/mol. The van der Waals surface area contributed by atoms with Crippen molar-refractivity contribution in [2.45, 2.75) is 19.3 Å². The molecule has 3 nitrogen and oxygen atoms in total. The first kappa shape index (κ1) is 13.5. The first-order valence-corrected chi connectivity index (χ1v) is 6.91. The molecule has 1 atom stereocenters. The van der Waals surface area contributed by atoms with E-state index in [4.69, 9.17) is 22.1 Å². The maximum atomic E-state index is 6.09. The molecule has 1 aliphatic heterocycles. The highest BCUT2D eigenvalue weighted by molar-refractivity contribution is 6.30. The van der Waals surface area contributed by atoms with Gasteiger partial charge in [0.05, 0.1) is 12.8 Å². The smallest absolute Gasteiger partial charge is 0.142 e. The van der Waals surface area contributed by atoms with Crippen LogP contribution < -0.4 is 15.4 Å². The molecule has 0 amide bonds. The average Bonchev–Trinajstić information content (AvgIpc) is 2.39. The molecule has 1 saturated heterocycles. The second-order valence-electron chi connectivity index (χ2n) is 4.85. The normalized spacial score (nSPS) is 19.9. The van der Waals surface area contributed by atoms with E-state index in [9.17, 15) is 0 Å². The van der Waals surface area contributed by atoms with Gasteiger partial charge in [-0.25, -0.2) is 0 Å². The zero-order chi connectivity index (χ0) is 13.0. The van der Waals surface area contributed by atoms with E-state index in [1.165, 1.54) is 12.8 Å². The minimum atomic E-state index is 0.687. The quantitative estimate of drug-likeness (QED) is 0.913. The molecule has 2 N–H and O–H groups in total. The summed E-state index contributed by atoms with van der Waals surface area (Å²) in [4.78, 5) is 2.37. The molecular formula is C14H21ClN2O. The first-order valence-electron chi connectivity index (χ1n) is 6.53. The summed E-state index contributed by atoms with van der Waals surface area (Å²) in [7, 11) is 1.70. The summed E-state index contributed by atoms with van der Waals surface area (Å²) in [6, 6.07) is 5.79. The van der Waals surface area contributed by atoms with Crippen LogP contribution in [0.15, 0.2) is 18.2 Å². The van der Waals surface area contributed by atoms with E-state index in [-0.39, 0.29) is 0 Å². The number of anilines is 1. The zero-order valence-corrected chi connectivity index (χ0v) is 11.6. The van der Waals surface area contributed by atoms with Crippen molar-refractivity contribution >= 4 is 17.3 Å². The Morgan fingerprint density at radius 3 is 3.06 bits per heavy atom. The van der Waals surface area contributed by atoms with E-state index in [2.05, 4.69) is 4.90 Å². The number of hydrogen-bond acceptors (Lipinski definition) is 3. The Labute approximate surface area is 114 Å². The fourth-order valence-electron chi connectivity index (χ4n) is 2.67. The lowest BCUT2D eigenvalue weighted by atomic mass is 9.94. The largest absolute Gasteiger partial charge is 0.495 e. The van der Waals surface area contributed by atoms with Crippen molar-refractivity contribution in [3.8, 4) is 5.75 Å². The molecule has 1 aliphatic rings. The zero-order valence-electron chi connectivity index (χ0n) is 10.9. The first-order chi connectivity index (χ1) is 8.74. The number of piperidine rings is 1.